The van der Waals surface area contributed by atoms with Gasteiger partial charge in [0.15, 0.2) is 0 Å². The van der Waals surface area contributed by atoms with E-state index < -0.39 is 12.3 Å². The Balaban J connectivity index is 2.46. The average molecular weight is 232 g/mol. The number of nitrogens with one attached hydrogen (secondary N) is 2. The Hall–Kier alpha value is -1.73. The summed E-state index contributed by atoms with van der Waals surface area (Å²) in [6, 6.07) is 6.29. The number of hydrogen-bond donors (Lipinski definition) is 3. The van der Waals surface area contributed by atoms with Gasteiger partial charge in [-0.15, -0.1) is 0 Å². The number of rotatable bonds is 5. The molecule has 0 aliphatic heterocycles. The number of carbonyl (C=O) groups is 1. The van der Waals surface area contributed by atoms with Crippen LogP contribution in [-0.4, -0.2) is 17.6 Å². The molecule has 7 heteroatoms. The van der Waals surface area contributed by atoms with Crippen molar-refractivity contribution >= 4 is 11.6 Å². The second-order valence-corrected chi connectivity index (χ2v) is 2.89. The lowest BCUT2D eigenvalue weighted by Gasteiger charge is -2.08. The molecule has 0 aliphatic rings. The van der Waals surface area contributed by atoms with Gasteiger partial charge in [0.1, 0.15) is 6.61 Å². The number of amides is 1. The van der Waals surface area contributed by atoms with Crippen molar-refractivity contribution in [3.63, 3.8) is 0 Å². The van der Waals surface area contributed by atoms with Crippen molar-refractivity contribution in [2.75, 3.05) is 5.43 Å². The van der Waals surface area contributed by atoms with Gasteiger partial charge >= 0.3 is 12.3 Å². The van der Waals surface area contributed by atoms with Gasteiger partial charge in [0.05, 0.1) is 5.69 Å². The van der Waals surface area contributed by atoms with Crippen LogP contribution in [0.1, 0.15) is 5.56 Å². The number of carbonyl (C=O) groups excluding carboxylic acids is 1. The van der Waals surface area contributed by atoms with Gasteiger partial charge in [-0.1, -0.05) is 12.1 Å². The first-order valence-electron chi connectivity index (χ1n) is 4.33. The number of alkyl halides is 2. The zero-order valence-electron chi connectivity index (χ0n) is 8.11. The highest BCUT2D eigenvalue weighted by atomic mass is 19.3. The molecule has 0 radical (unpaired) electrons. The fourth-order valence-electron chi connectivity index (χ4n) is 0.947. The van der Waals surface area contributed by atoms with Gasteiger partial charge < -0.3 is 0 Å². The molecule has 0 atom stereocenters. The van der Waals surface area contributed by atoms with Crippen molar-refractivity contribution in [3.05, 3.63) is 29.8 Å². The fraction of sp³-hybridized carbons (Fsp3) is 0.222. The van der Waals surface area contributed by atoms with Gasteiger partial charge in [-0.05, 0) is 17.7 Å². The second-order valence-electron chi connectivity index (χ2n) is 2.89. The molecule has 0 heterocycles. The molecule has 0 unspecified atom stereocenters. The maximum atomic E-state index is 11.8. The zero-order valence-corrected chi connectivity index (χ0v) is 8.11. The first-order valence-corrected chi connectivity index (χ1v) is 4.33. The minimum Gasteiger partial charge on any atom is -0.298 e. The lowest BCUT2D eigenvalue weighted by Crippen LogP contribution is -2.34. The molecule has 88 valence electrons. The molecular weight excluding hydrogens is 222 g/mol. The Morgan fingerprint density at radius 1 is 1.38 bits per heavy atom. The molecule has 0 saturated heterocycles. The minimum atomic E-state index is -3.06. The Morgan fingerprint density at radius 2 is 2.00 bits per heavy atom. The second kappa shape index (κ2) is 5.99. The van der Waals surface area contributed by atoms with E-state index in [9.17, 15) is 13.6 Å². The smallest absolute Gasteiger partial charge is 0.298 e. The van der Waals surface area contributed by atoms with Crippen molar-refractivity contribution in [1.29, 1.82) is 0 Å². The predicted octanol–water partition coefficient (Wildman–Crippen LogP) is 1.38. The molecule has 3 N–H and O–H groups in total. The number of anilines is 1. The topological polar surface area (TPSA) is 70.6 Å². The largest absolute Gasteiger partial charge is 0.317 e. The molecule has 0 aromatic heterocycles. The molecular formula is C9H10F2N2O3. The molecule has 5 nitrogen and oxygen atoms in total. The van der Waals surface area contributed by atoms with Crippen LogP contribution in [0.25, 0.3) is 0 Å². The molecule has 1 amide bonds. The van der Waals surface area contributed by atoms with Crippen LogP contribution < -0.4 is 10.9 Å². The van der Waals surface area contributed by atoms with Crippen molar-refractivity contribution < 1.29 is 23.7 Å². The van der Waals surface area contributed by atoms with Gasteiger partial charge in [0.25, 0.3) is 0 Å². The summed E-state index contributed by atoms with van der Waals surface area (Å²) < 4.78 is 23.6. The van der Waals surface area contributed by atoms with Crippen LogP contribution in [0.15, 0.2) is 24.3 Å². The van der Waals surface area contributed by atoms with Crippen LogP contribution in [0.3, 0.4) is 0 Å². The lowest BCUT2D eigenvalue weighted by atomic mass is 10.2. The normalized spacial score (nSPS) is 10.2. The average Bonchev–Trinajstić information content (AvgIpc) is 2.28. The summed E-state index contributed by atoms with van der Waals surface area (Å²) >= 11 is 0. The summed E-state index contributed by atoms with van der Waals surface area (Å²) in [6.07, 6.45) is -3.06. The Kier molecular flexibility index (Phi) is 4.62. The van der Waals surface area contributed by atoms with E-state index in [2.05, 4.69) is 10.3 Å². The van der Waals surface area contributed by atoms with Crippen molar-refractivity contribution in [1.82, 2.24) is 5.43 Å². The molecule has 1 aromatic rings. The van der Waals surface area contributed by atoms with Crippen molar-refractivity contribution in [2.45, 2.75) is 13.0 Å². The molecule has 16 heavy (non-hydrogen) atoms. The van der Waals surface area contributed by atoms with E-state index in [1.807, 2.05) is 5.43 Å². The van der Waals surface area contributed by atoms with Crippen LogP contribution in [0.5, 0.6) is 0 Å². The fourth-order valence-corrected chi connectivity index (χ4v) is 0.947. The molecule has 0 fully saturated rings. The standard InChI is InChI=1S/C9H10F2N2O3/c10-8(11)9(14)13-12-7-3-1-6(2-4-7)5-16-15/h1-4,8,12,15H,5H2,(H,13,14). The van der Waals surface area contributed by atoms with E-state index in [1.54, 1.807) is 24.3 Å². The van der Waals surface area contributed by atoms with Gasteiger partial charge in [-0.25, -0.2) is 4.89 Å². The predicted molar refractivity (Wildman–Crippen MR) is 51.6 cm³/mol. The number of benzene rings is 1. The van der Waals surface area contributed by atoms with Gasteiger partial charge in [-0.3, -0.25) is 20.9 Å². The van der Waals surface area contributed by atoms with E-state index in [4.69, 9.17) is 5.26 Å². The molecule has 0 aliphatic carbocycles. The maximum absolute atomic E-state index is 11.8. The van der Waals surface area contributed by atoms with E-state index in [0.29, 0.717) is 11.3 Å². The SMILES string of the molecule is O=C(NNc1ccc(COO)cc1)C(F)F. The zero-order chi connectivity index (χ0) is 12.0. The van der Waals surface area contributed by atoms with Crippen LogP contribution >= 0.6 is 0 Å². The lowest BCUT2D eigenvalue weighted by molar-refractivity contribution is -0.253. The van der Waals surface area contributed by atoms with Crippen LogP contribution in [0.2, 0.25) is 0 Å². The summed E-state index contributed by atoms with van der Waals surface area (Å²) in [7, 11) is 0. The maximum Gasteiger partial charge on any atom is 0.317 e. The number of halogens is 2. The van der Waals surface area contributed by atoms with Gasteiger partial charge in [-0.2, -0.15) is 8.78 Å². The van der Waals surface area contributed by atoms with Gasteiger partial charge in [0, 0.05) is 0 Å². The Labute approximate surface area is 89.9 Å². The summed E-state index contributed by atoms with van der Waals surface area (Å²) in [4.78, 5) is 14.4. The number of hydrazine groups is 1. The summed E-state index contributed by atoms with van der Waals surface area (Å²) in [6.45, 7) is 0.0314. The third-order valence-electron chi connectivity index (χ3n) is 1.71. The highest BCUT2D eigenvalue weighted by Gasteiger charge is 2.13. The van der Waals surface area contributed by atoms with Gasteiger partial charge in [0.2, 0.25) is 0 Å². The highest BCUT2D eigenvalue weighted by Crippen LogP contribution is 2.09. The van der Waals surface area contributed by atoms with E-state index in [0.717, 1.165) is 0 Å². The summed E-state index contributed by atoms with van der Waals surface area (Å²) in [5, 5.41) is 8.17. The quantitative estimate of drug-likeness (QED) is 0.530. The van der Waals surface area contributed by atoms with Crippen LogP contribution in [0.4, 0.5) is 14.5 Å². The summed E-state index contributed by atoms with van der Waals surface area (Å²) in [5.41, 5.74) is 5.29. The molecule has 0 spiro atoms. The molecule has 1 aromatic carbocycles. The molecule has 0 bridgehead atoms. The Bertz CT molecular complexity index is 343. The van der Waals surface area contributed by atoms with Crippen LogP contribution in [0, 0.1) is 0 Å². The molecule has 0 saturated carbocycles. The monoisotopic (exact) mass is 232 g/mol. The van der Waals surface area contributed by atoms with E-state index >= 15 is 0 Å². The summed E-state index contributed by atoms with van der Waals surface area (Å²) in [5.74, 6) is -1.40. The third kappa shape index (κ3) is 3.79. The third-order valence-corrected chi connectivity index (χ3v) is 1.71. The first kappa shape index (κ1) is 12.3. The van der Waals surface area contributed by atoms with Crippen molar-refractivity contribution in [2.24, 2.45) is 0 Å². The van der Waals surface area contributed by atoms with E-state index in [1.165, 1.54) is 0 Å². The van der Waals surface area contributed by atoms with Crippen molar-refractivity contribution in [3.8, 4) is 0 Å². The number of hydrogen-bond acceptors (Lipinski definition) is 4. The highest BCUT2D eigenvalue weighted by molar-refractivity contribution is 5.80. The van der Waals surface area contributed by atoms with Crippen LogP contribution in [-0.2, 0) is 16.3 Å². The molecule has 1 rings (SSSR count). The van der Waals surface area contributed by atoms with E-state index in [-0.39, 0.29) is 6.61 Å². The Morgan fingerprint density at radius 3 is 2.50 bits per heavy atom. The minimum absolute atomic E-state index is 0.0314. The first-order chi connectivity index (χ1) is 7.63.